The summed E-state index contributed by atoms with van der Waals surface area (Å²) in [7, 11) is 0. The van der Waals surface area contributed by atoms with E-state index < -0.39 is 6.03 Å². The number of aromatic nitrogens is 2. The minimum atomic E-state index is -0.415. The summed E-state index contributed by atoms with van der Waals surface area (Å²) in [6, 6.07) is 12.8. The Labute approximate surface area is 199 Å². The van der Waals surface area contributed by atoms with Crippen molar-refractivity contribution in [1.82, 2.24) is 15.0 Å². The maximum Gasteiger partial charge on any atom is 0.324 e. The van der Waals surface area contributed by atoms with Gasteiger partial charge in [0, 0.05) is 36.7 Å². The summed E-state index contributed by atoms with van der Waals surface area (Å²) >= 11 is 0. The molecule has 2 amide bonds. The smallest absolute Gasteiger partial charge is 0.324 e. The third-order valence-electron chi connectivity index (χ3n) is 5.44. The average molecular weight is 466 g/mol. The number of urea groups is 1. The van der Waals surface area contributed by atoms with Gasteiger partial charge in [0.25, 0.3) is 0 Å². The van der Waals surface area contributed by atoms with Crippen LogP contribution in [0.15, 0.2) is 53.2 Å². The van der Waals surface area contributed by atoms with E-state index in [0.29, 0.717) is 23.9 Å². The van der Waals surface area contributed by atoms with Crippen LogP contribution in [0.2, 0.25) is 0 Å². The van der Waals surface area contributed by atoms with Gasteiger partial charge in [0.05, 0.1) is 30.8 Å². The standard InChI is InChI=1S/C25H31N5O4/c1-25(2,3)22-16-23(29-34-22)28-24(31)27-19-6-9-21(26-17-19)18-4-7-20(8-5-18)33-15-12-30-10-13-32-14-11-30/h4-9,16-17H,10-15H2,1-3H3,(H2,27,28,29,31). The molecule has 1 aromatic carbocycles. The number of hydrogen-bond acceptors (Lipinski definition) is 7. The van der Waals surface area contributed by atoms with E-state index in [4.69, 9.17) is 14.0 Å². The zero-order valence-electron chi connectivity index (χ0n) is 19.8. The molecule has 3 aromatic rings. The highest BCUT2D eigenvalue weighted by atomic mass is 16.5. The summed E-state index contributed by atoms with van der Waals surface area (Å²) in [4.78, 5) is 19.1. The zero-order valence-corrected chi connectivity index (χ0v) is 19.8. The first-order chi connectivity index (χ1) is 16.4. The predicted octanol–water partition coefficient (Wildman–Crippen LogP) is 4.39. The number of carbonyl (C=O) groups excluding carboxylic acids is 1. The highest BCUT2D eigenvalue weighted by molar-refractivity contribution is 5.99. The fourth-order valence-corrected chi connectivity index (χ4v) is 3.44. The van der Waals surface area contributed by atoms with Gasteiger partial charge in [-0.2, -0.15) is 0 Å². The molecular formula is C25H31N5O4. The summed E-state index contributed by atoms with van der Waals surface area (Å²) in [6.07, 6.45) is 1.62. The second-order valence-corrected chi connectivity index (χ2v) is 9.16. The van der Waals surface area contributed by atoms with Gasteiger partial charge < -0.3 is 19.3 Å². The lowest BCUT2D eigenvalue weighted by Crippen LogP contribution is -2.38. The quantitative estimate of drug-likeness (QED) is 0.534. The molecule has 0 radical (unpaired) electrons. The Morgan fingerprint density at radius 1 is 1.09 bits per heavy atom. The van der Waals surface area contributed by atoms with Crippen molar-refractivity contribution in [2.24, 2.45) is 0 Å². The van der Waals surface area contributed by atoms with Crippen LogP contribution in [0.1, 0.15) is 26.5 Å². The molecule has 2 N–H and O–H groups in total. The van der Waals surface area contributed by atoms with E-state index in [0.717, 1.165) is 49.9 Å². The zero-order chi connectivity index (χ0) is 24.0. The van der Waals surface area contributed by atoms with Gasteiger partial charge in [-0.05, 0) is 36.4 Å². The molecule has 0 spiro atoms. The number of pyridine rings is 1. The summed E-state index contributed by atoms with van der Waals surface area (Å²) < 4.78 is 16.5. The molecule has 34 heavy (non-hydrogen) atoms. The van der Waals surface area contributed by atoms with Crippen molar-refractivity contribution < 1.29 is 18.8 Å². The van der Waals surface area contributed by atoms with Crippen LogP contribution in [0.4, 0.5) is 16.3 Å². The highest BCUT2D eigenvalue weighted by Gasteiger charge is 2.20. The molecule has 9 heteroatoms. The Morgan fingerprint density at radius 2 is 1.85 bits per heavy atom. The molecule has 0 saturated carbocycles. The van der Waals surface area contributed by atoms with Crippen molar-refractivity contribution in [2.75, 3.05) is 50.1 Å². The molecule has 3 heterocycles. The third kappa shape index (κ3) is 6.55. The lowest BCUT2D eigenvalue weighted by atomic mass is 9.93. The molecule has 1 aliphatic rings. The number of ether oxygens (including phenoxy) is 2. The maximum atomic E-state index is 12.3. The van der Waals surface area contributed by atoms with Gasteiger partial charge >= 0.3 is 6.03 Å². The maximum absolute atomic E-state index is 12.3. The topological polar surface area (TPSA) is 102 Å². The highest BCUT2D eigenvalue weighted by Crippen LogP contribution is 2.25. The first kappa shape index (κ1) is 23.7. The van der Waals surface area contributed by atoms with Crippen molar-refractivity contribution in [1.29, 1.82) is 0 Å². The second kappa shape index (κ2) is 10.7. The molecule has 0 atom stereocenters. The van der Waals surface area contributed by atoms with E-state index in [1.807, 2.05) is 51.1 Å². The van der Waals surface area contributed by atoms with Crippen LogP contribution < -0.4 is 15.4 Å². The minimum Gasteiger partial charge on any atom is -0.492 e. The van der Waals surface area contributed by atoms with E-state index in [1.54, 1.807) is 18.3 Å². The number of anilines is 2. The third-order valence-corrected chi connectivity index (χ3v) is 5.44. The van der Waals surface area contributed by atoms with Crippen molar-refractivity contribution in [2.45, 2.75) is 26.2 Å². The molecule has 1 saturated heterocycles. The Hall–Kier alpha value is -3.43. The Kier molecular flexibility index (Phi) is 7.44. The molecule has 0 unspecified atom stereocenters. The first-order valence-electron chi connectivity index (χ1n) is 11.4. The van der Waals surface area contributed by atoms with Gasteiger partial charge in [-0.25, -0.2) is 4.79 Å². The number of morpholine rings is 1. The van der Waals surface area contributed by atoms with E-state index >= 15 is 0 Å². The van der Waals surface area contributed by atoms with Gasteiger partial charge in [0.15, 0.2) is 5.82 Å². The van der Waals surface area contributed by atoms with E-state index in [1.165, 1.54) is 0 Å². The Bertz CT molecular complexity index is 1070. The van der Waals surface area contributed by atoms with Crippen LogP contribution in [-0.4, -0.2) is 60.5 Å². The summed E-state index contributed by atoms with van der Waals surface area (Å²) in [5.74, 6) is 1.89. The van der Waals surface area contributed by atoms with Crippen LogP contribution in [0.5, 0.6) is 5.75 Å². The van der Waals surface area contributed by atoms with Crippen molar-refractivity contribution >= 4 is 17.5 Å². The lowest BCUT2D eigenvalue weighted by molar-refractivity contribution is 0.0322. The molecule has 2 aromatic heterocycles. The molecule has 1 fully saturated rings. The predicted molar refractivity (Wildman–Crippen MR) is 130 cm³/mol. The van der Waals surface area contributed by atoms with Gasteiger partial charge in [-0.3, -0.25) is 15.2 Å². The summed E-state index contributed by atoms with van der Waals surface area (Å²) in [5, 5.41) is 9.30. The molecule has 0 aliphatic carbocycles. The molecule has 4 rings (SSSR count). The van der Waals surface area contributed by atoms with E-state index in [9.17, 15) is 4.79 Å². The van der Waals surface area contributed by atoms with Crippen LogP contribution in [0.25, 0.3) is 11.3 Å². The lowest BCUT2D eigenvalue weighted by Gasteiger charge is -2.26. The van der Waals surface area contributed by atoms with Crippen molar-refractivity contribution in [3.63, 3.8) is 0 Å². The number of benzene rings is 1. The molecule has 0 bridgehead atoms. The number of nitrogens with zero attached hydrogens (tertiary/aromatic N) is 3. The number of carbonyl (C=O) groups is 1. The first-order valence-corrected chi connectivity index (χ1v) is 11.4. The number of nitrogens with one attached hydrogen (secondary N) is 2. The van der Waals surface area contributed by atoms with Gasteiger partial charge in [0.1, 0.15) is 18.1 Å². The van der Waals surface area contributed by atoms with Gasteiger partial charge in [-0.1, -0.05) is 25.9 Å². The molecule has 180 valence electrons. The van der Waals surface area contributed by atoms with Crippen molar-refractivity contribution in [3.05, 3.63) is 54.4 Å². The molecular weight excluding hydrogens is 434 g/mol. The minimum absolute atomic E-state index is 0.184. The van der Waals surface area contributed by atoms with Gasteiger partial charge in [-0.15, -0.1) is 0 Å². The number of rotatable bonds is 7. The fourth-order valence-electron chi connectivity index (χ4n) is 3.44. The van der Waals surface area contributed by atoms with Crippen LogP contribution in [0.3, 0.4) is 0 Å². The average Bonchev–Trinajstić information content (AvgIpc) is 3.30. The summed E-state index contributed by atoms with van der Waals surface area (Å²) in [5.41, 5.74) is 2.16. The Morgan fingerprint density at radius 3 is 2.50 bits per heavy atom. The van der Waals surface area contributed by atoms with Crippen LogP contribution >= 0.6 is 0 Å². The fraction of sp³-hybridized carbons (Fsp3) is 0.400. The normalized spacial score (nSPS) is 14.6. The number of amides is 2. The monoisotopic (exact) mass is 465 g/mol. The van der Waals surface area contributed by atoms with Crippen LogP contribution in [0, 0.1) is 0 Å². The second-order valence-electron chi connectivity index (χ2n) is 9.16. The Balaban J connectivity index is 1.26. The summed E-state index contributed by atoms with van der Waals surface area (Å²) in [6.45, 7) is 11.1. The van der Waals surface area contributed by atoms with E-state index in [-0.39, 0.29) is 5.41 Å². The van der Waals surface area contributed by atoms with Gasteiger partial charge in [0.2, 0.25) is 0 Å². The molecule has 1 aliphatic heterocycles. The largest absolute Gasteiger partial charge is 0.492 e. The SMILES string of the molecule is CC(C)(C)c1cc(NC(=O)Nc2ccc(-c3ccc(OCCN4CCOCC4)cc3)nc2)no1. The number of hydrogen-bond donors (Lipinski definition) is 2. The molecule has 9 nitrogen and oxygen atoms in total. The van der Waals surface area contributed by atoms with E-state index in [2.05, 4.69) is 25.7 Å². The van der Waals surface area contributed by atoms with Crippen molar-refractivity contribution in [3.8, 4) is 17.0 Å². The van der Waals surface area contributed by atoms with Crippen LogP contribution in [-0.2, 0) is 10.2 Å².